The summed E-state index contributed by atoms with van der Waals surface area (Å²) < 4.78 is 0. The van der Waals surface area contributed by atoms with Crippen LogP contribution in [-0.2, 0) is 0 Å². The third-order valence-electron chi connectivity index (χ3n) is 2.52. The number of rotatable bonds is 4. The number of nitrogens with zero attached hydrogens (tertiary/aromatic N) is 1. The highest BCUT2D eigenvalue weighted by Gasteiger charge is 2.19. The molecule has 0 aliphatic rings. The standard InChI is InChI=1S/C12H7ClN2O5S/c13-8-3-4-21-10(8)11(16)14-9-5-6(15(19)20)1-2-7(9)12(17)18/h1-5H,(H,14,16)(H,17,18). The van der Waals surface area contributed by atoms with Crippen LogP contribution in [0.15, 0.2) is 29.6 Å². The molecule has 0 radical (unpaired) electrons. The van der Waals surface area contributed by atoms with Crippen LogP contribution in [0, 0.1) is 10.1 Å². The predicted octanol–water partition coefficient (Wildman–Crippen LogP) is 3.26. The van der Waals surface area contributed by atoms with Crippen LogP contribution < -0.4 is 5.32 Å². The maximum absolute atomic E-state index is 12.0. The van der Waals surface area contributed by atoms with Gasteiger partial charge in [-0.1, -0.05) is 11.6 Å². The Bertz CT molecular complexity index is 743. The molecule has 0 aliphatic carbocycles. The minimum Gasteiger partial charge on any atom is -0.478 e. The lowest BCUT2D eigenvalue weighted by Crippen LogP contribution is -2.14. The Morgan fingerprint density at radius 2 is 2.05 bits per heavy atom. The van der Waals surface area contributed by atoms with Gasteiger partial charge in [0.15, 0.2) is 0 Å². The lowest BCUT2D eigenvalue weighted by atomic mass is 10.1. The number of carboxylic acid groups (broad SMARTS) is 1. The molecule has 1 amide bonds. The Morgan fingerprint density at radius 1 is 1.33 bits per heavy atom. The molecule has 1 heterocycles. The predicted molar refractivity (Wildman–Crippen MR) is 77.3 cm³/mol. The van der Waals surface area contributed by atoms with Crippen LogP contribution in [0.4, 0.5) is 11.4 Å². The summed E-state index contributed by atoms with van der Waals surface area (Å²) in [7, 11) is 0. The Labute approximate surface area is 126 Å². The van der Waals surface area contributed by atoms with Crippen molar-refractivity contribution in [2.75, 3.05) is 5.32 Å². The number of amides is 1. The van der Waals surface area contributed by atoms with Crippen LogP contribution in [-0.4, -0.2) is 21.9 Å². The van der Waals surface area contributed by atoms with E-state index in [-0.39, 0.29) is 26.8 Å². The molecule has 2 rings (SSSR count). The van der Waals surface area contributed by atoms with E-state index in [2.05, 4.69) is 5.32 Å². The van der Waals surface area contributed by atoms with Gasteiger partial charge in [0.2, 0.25) is 0 Å². The first kappa shape index (κ1) is 14.9. The van der Waals surface area contributed by atoms with Gasteiger partial charge in [0, 0.05) is 12.1 Å². The van der Waals surface area contributed by atoms with E-state index >= 15 is 0 Å². The summed E-state index contributed by atoms with van der Waals surface area (Å²) in [5.41, 5.74) is -0.736. The maximum atomic E-state index is 12.0. The van der Waals surface area contributed by atoms with Crippen molar-refractivity contribution in [3.8, 4) is 0 Å². The minimum absolute atomic E-state index is 0.161. The third-order valence-corrected chi connectivity index (χ3v) is 3.86. The fraction of sp³-hybridized carbons (Fsp3) is 0. The smallest absolute Gasteiger partial charge is 0.337 e. The average molecular weight is 327 g/mol. The van der Waals surface area contributed by atoms with E-state index in [1.54, 1.807) is 5.38 Å². The van der Waals surface area contributed by atoms with E-state index in [4.69, 9.17) is 16.7 Å². The molecule has 0 atom stereocenters. The summed E-state index contributed by atoms with van der Waals surface area (Å²) in [6.45, 7) is 0. The number of nitro benzene ring substituents is 1. The fourth-order valence-corrected chi connectivity index (χ4v) is 2.61. The molecule has 0 unspecified atom stereocenters. The highest BCUT2D eigenvalue weighted by Crippen LogP contribution is 2.26. The Morgan fingerprint density at radius 3 is 2.57 bits per heavy atom. The zero-order chi connectivity index (χ0) is 15.6. The normalized spacial score (nSPS) is 10.1. The number of benzene rings is 1. The van der Waals surface area contributed by atoms with Crippen LogP contribution in [0.2, 0.25) is 5.02 Å². The SMILES string of the molecule is O=C(O)c1ccc([N+](=O)[O-])cc1NC(=O)c1sccc1Cl. The molecule has 7 nitrogen and oxygen atoms in total. The first-order chi connectivity index (χ1) is 9.90. The van der Waals surface area contributed by atoms with Gasteiger partial charge in [0.25, 0.3) is 11.6 Å². The number of halogens is 1. The largest absolute Gasteiger partial charge is 0.478 e. The number of carboxylic acids is 1. The van der Waals surface area contributed by atoms with Crippen molar-refractivity contribution in [1.29, 1.82) is 0 Å². The van der Waals surface area contributed by atoms with Crippen LogP contribution >= 0.6 is 22.9 Å². The lowest BCUT2D eigenvalue weighted by molar-refractivity contribution is -0.384. The number of nitrogens with one attached hydrogen (secondary N) is 1. The van der Waals surface area contributed by atoms with Gasteiger partial charge in [-0.05, 0) is 17.5 Å². The molecule has 108 valence electrons. The second-order valence-electron chi connectivity index (χ2n) is 3.84. The monoisotopic (exact) mass is 326 g/mol. The van der Waals surface area contributed by atoms with Crippen LogP contribution in [0.5, 0.6) is 0 Å². The topological polar surface area (TPSA) is 110 Å². The second-order valence-corrected chi connectivity index (χ2v) is 5.17. The van der Waals surface area contributed by atoms with Crippen molar-refractivity contribution in [1.82, 2.24) is 0 Å². The van der Waals surface area contributed by atoms with E-state index in [0.29, 0.717) is 0 Å². The molecule has 2 N–H and O–H groups in total. The van der Waals surface area contributed by atoms with Gasteiger partial charge >= 0.3 is 5.97 Å². The summed E-state index contributed by atoms with van der Waals surface area (Å²) in [5.74, 6) is -1.93. The molecular formula is C12H7ClN2O5S. The van der Waals surface area contributed by atoms with Crippen LogP contribution in [0.1, 0.15) is 20.0 Å². The van der Waals surface area contributed by atoms with Crippen molar-refractivity contribution in [3.63, 3.8) is 0 Å². The molecule has 2 aromatic rings. The molecule has 21 heavy (non-hydrogen) atoms. The quantitative estimate of drug-likeness (QED) is 0.662. The van der Waals surface area contributed by atoms with E-state index in [1.165, 1.54) is 6.07 Å². The average Bonchev–Trinajstić information content (AvgIpc) is 2.84. The van der Waals surface area contributed by atoms with Crippen LogP contribution in [0.3, 0.4) is 0 Å². The molecule has 1 aromatic heterocycles. The molecule has 0 bridgehead atoms. The number of hydrogen-bond donors (Lipinski definition) is 2. The van der Waals surface area contributed by atoms with Crippen LogP contribution in [0.25, 0.3) is 0 Å². The zero-order valence-electron chi connectivity index (χ0n) is 10.2. The number of carbonyl (C=O) groups excluding carboxylic acids is 1. The van der Waals surface area contributed by atoms with Gasteiger partial charge in [-0.15, -0.1) is 11.3 Å². The summed E-state index contributed by atoms with van der Waals surface area (Å²) in [5, 5.41) is 23.9. The number of nitro groups is 1. The fourth-order valence-electron chi connectivity index (χ4n) is 1.57. The summed E-state index contributed by atoms with van der Waals surface area (Å²) in [6, 6.07) is 4.62. The number of non-ortho nitro benzene ring substituents is 1. The highest BCUT2D eigenvalue weighted by molar-refractivity contribution is 7.12. The zero-order valence-corrected chi connectivity index (χ0v) is 11.8. The van der Waals surface area contributed by atoms with Gasteiger partial charge in [-0.3, -0.25) is 14.9 Å². The van der Waals surface area contributed by atoms with Crippen molar-refractivity contribution in [2.24, 2.45) is 0 Å². The summed E-state index contributed by atoms with van der Waals surface area (Å²) >= 11 is 6.89. The Kier molecular flexibility index (Phi) is 4.20. The second kappa shape index (κ2) is 5.90. The Balaban J connectivity index is 2.39. The summed E-state index contributed by atoms with van der Waals surface area (Å²) in [4.78, 5) is 33.3. The number of aromatic carboxylic acids is 1. The first-order valence-corrected chi connectivity index (χ1v) is 6.72. The molecule has 0 saturated carbocycles. The first-order valence-electron chi connectivity index (χ1n) is 5.46. The van der Waals surface area contributed by atoms with E-state index in [0.717, 1.165) is 29.5 Å². The maximum Gasteiger partial charge on any atom is 0.337 e. The number of anilines is 1. The molecule has 0 saturated heterocycles. The van der Waals surface area contributed by atoms with Gasteiger partial charge < -0.3 is 10.4 Å². The molecule has 0 aliphatic heterocycles. The van der Waals surface area contributed by atoms with Crippen molar-refractivity contribution in [2.45, 2.75) is 0 Å². The molecule has 0 fully saturated rings. The molecular weight excluding hydrogens is 320 g/mol. The van der Waals surface area contributed by atoms with E-state index < -0.39 is 16.8 Å². The van der Waals surface area contributed by atoms with E-state index in [9.17, 15) is 19.7 Å². The Hall–Kier alpha value is -2.45. The molecule has 0 spiro atoms. The summed E-state index contributed by atoms with van der Waals surface area (Å²) in [6.07, 6.45) is 0. The van der Waals surface area contributed by atoms with Gasteiger partial charge in [0.05, 0.1) is 21.2 Å². The number of hydrogen-bond acceptors (Lipinski definition) is 5. The van der Waals surface area contributed by atoms with Gasteiger partial charge in [0.1, 0.15) is 4.88 Å². The van der Waals surface area contributed by atoms with Crippen molar-refractivity contribution >= 4 is 46.2 Å². The lowest BCUT2D eigenvalue weighted by Gasteiger charge is -2.07. The van der Waals surface area contributed by atoms with Gasteiger partial charge in [-0.2, -0.15) is 0 Å². The number of thiophene rings is 1. The van der Waals surface area contributed by atoms with E-state index in [1.807, 2.05) is 0 Å². The number of carbonyl (C=O) groups is 2. The third kappa shape index (κ3) is 3.18. The molecule has 1 aromatic carbocycles. The van der Waals surface area contributed by atoms with Crippen molar-refractivity contribution in [3.05, 3.63) is 55.2 Å². The highest BCUT2D eigenvalue weighted by atomic mass is 35.5. The molecule has 9 heteroatoms. The van der Waals surface area contributed by atoms with Crippen molar-refractivity contribution < 1.29 is 19.6 Å². The van der Waals surface area contributed by atoms with Gasteiger partial charge in [-0.25, -0.2) is 4.79 Å². The minimum atomic E-state index is -1.31.